The van der Waals surface area contributed by atoms with E-state index in [1.54, 1.807) is 24.3 Å². The number of amides is 1. The summed E-state index contributed by atoms with van der Waals surface area (Å²) in [5, 5.41) is 25.9. The molecule has 31 heavy (non-hydrogen) atoms. The van der Waals surface area contributed by atoms with Crippen LogP contribution in [0.25, 0.3) is 5.69 Å². The molecule has 1 N–H and O–H groups in total. The van der Waals surface area contributed by atoms with E-state index in [-0.39, 0.29) is 17.8 Å². The van der Waals surface area contributed by atoms with Crippen LogP contribution in [0, 0.1) is 34.1 Å². The van der Waals surface area contributed by atoms with Gasteiger partial charge in [0.05, 0.1) is 22.5 Å². The van der Waals surface area contributed by atoms with Crippen LogP contribution in [0.3, 0.4) is 0 Å². The summed E-state index contributed by atoms with van der Waals surface area (Å²) < 4.78 is 1.92. The van der Waals surface area contributed by atoms with Gasteiger partial charge in [-0.05, 0) is 32.0 Å². The van der Waals surface area contributed by atoms with E-state index in [0.29, 0.717) is 5.56 Å². The first-order chi connectivity index (χ1) is 14.8. The van der Waals surface area contributed by atoms with Crippen molar-refractivity contribution in [1.82, 2.24) is 9.99 Å². The highest BCUT2D eigenvalue weighted by atomic mass is 16.6. The van der Waals surface area contributed by atoms with Gasteiger partial charge < -0.3 is 4.57 Å². The summed E-state index contributed by atoms with van der Waals surface area (Å²) in [7, 11) is 0. The number of aromatic nitrogens is 1. The molecule has 0 saturated carbocycles. The smallest absolute Gasteiger partial charge is 0.273 e. The van der Waals surface area contributed by atoms with Gasteiger partial charge in [0.15, 0.2) is 0 Å². The van der Waals surface area contributed by atoms with E-state index in [2.05, 4.69) is 10.5 Å². The number of nitrogens with one attached hydrogen (secondary N) is 1. The lowest BCUT2D eigenvalue weighted by molar-refractivity contribution is -0.385. The molecule has 3 rings (SSSR count). The van der Waals surface area contributed by atoms with Gasteiger partial charge in [-0.1, -0.05) is 18.2 Å². The number of hydrogen-bond acceptors (Lipinski definition) is 6. The molecule has 0 aliphatic carbocycles. The molecule has 2 aromatic carbocycles. The molecule has 0 radical (unpaired) electrons. The number of aryl methyl sites for hydroxylation is 1. The van der Waals surface area contributed by atoms with E-state index in [9.17, 15) is 25.0 Å². The molecular weight excluding hydrogens is 402 g/mol. The molecule has 0 saturated heterocycles. The third-order valence-corrected chi connectivity index (χ3v) is 4.72. The minimum atomic E-state index is -0.529. The maximum atomic E-state index is 12.1. The number of nitro benzene ring substituents is 2. The van der Waals surface area contributed by atoms with Gasteiger partial charge in [-0.2, -0.15) is 5.10 Å². The lowest BCUT2D eigenvalue weighted by Crippen LogP contribution is -2.20. The molecule has 1 heterocycles. The van der Waals surface area contributed by atoms with E-state index in [1.165, 1.54) is 30.5 Å². The fraction of sp³-hybridized carbons (Fsp3) is 0.143. The molecule has 10 heteroatoms. The molecule has 10 nitrogen and oxygen atoms in total. The highest BCUT2D eigenvalue weighted by molar-refractivity contribution is 5.85. The third-order valence-electron chi connectivity index (χ3n) is 4.72. The maximum Gasteiger partial charge on any atom is 0.273 e. The number of hydrogen-bond donors (Lipinski definition) is 1. The van der Waals surface area contributed by atoms with Gasteiger partial charge in [-0.25, -0.2) is 5.43 Å². The fourth-order valence-corrected chi connectivity index (χ4v) is 3.26. The van der Waals surface area contributed by atoms with Crippen molar-refractivity contribution in [1.29, 1.82) is 0 Å². The van der Waals surface area contributed by atoms with Crippen LogP contribution in [-0.4, -0.2) is 26.5 Å². The largest absolute Gasteiger partial charge is 0.318 e. The normalized spacial score (nSPS) is 10.9. The van der Waals surface area contributed by atoms with Crippen LogP contribution in [0.4, 0.5) is 11.4 Å². The number of para-hydroxylation sites is 1. The van der Waals surface area contributed by atoms with Crippen molar-refractivity contribution in [2.75, 3.05) is 0 Å². The Kier molecular flexibility index (Phi) is 6.20. The van der Waals surface area contributed by atoms with Crippen molar-refractivity contribution in [2.45, 2.75) is 20.3 Å². The average molecular weight is 421 g/mol. The van der Waals surface area contributed by atoms with Crippen molar-refractivity contribution in [3.05, 3.63) is 97.3 Å². The zero-order valence-electron chi connectivity index (χ0n) is 16.8. The van der Waals surface area contributed by atoms with E-state index >= 15 is 0 Å². The molecule has 0 spiro atoms. The van der Waals surface area contributed by atoms with E-state index in [1.807, 2.05) is 24.5 Å². The van der Waals surface area contributed by atoms with Crippen LogP contribution in [0.2, 0.25) is 0 Å². The van der Waals surface area contributed by atoms with Crippen molar-refractivity contribution < 1.29 is 14.6 Å². The summed E-state index contributed by atoms with van der Waals surface area (Å²) in [6, 6.07) is 14.1. The highest BCUT2D eigenvalue weighted by Crippen LogP contribution is 2.22. The molecule has 3 aromatic rings. The summed E-state index contributed by atoms with van der Waals surface area (Å²) in [6.07, 6.45) is 1.32. The topological polar surface area (TPSA) is 133 Å². The van der Waals surface area contributed by atoms with E-state index in [0.717, 1.165) is 22.6 Å². The second-order valence-electron chi connectivity index (χ2n) is 6.79. The second-order valence-corrected chi connectivity index (χ2v) is 6.79. The van der Waals surface area contributed by atoms with Crippen molar-refractivity contribution in [3.8, 4) is 5.69 Å². The number of nitrogens with zero attached hydrogens (tertiary/aromatic N) is 4. The fourth-order valence-electron chi connectivity index (χ4n) is 3.26. The molecular formula is C21H19N5O5. The second kappa shape index (κ2) is 8.99. The highest BCUT2D eigenvalue weighted by Gasteiger charge is 2.15. The number of carbonyl (C=O) groups is 1. The van der Waals surface area contributed by atoms with Gasteiger partial charge in [0.1, 0.15) is 0 Å². The Morgan fingerprint density at radius 2 is 1.74 bits per heavy atom. The van der Waals surface area contributed by atoms with Gasteiger partial charge in [-0.3, -0.25) is 25.0 Å². The molecule has 0 unspecified atom stereocenters. The Labute approximate surface area is 177 Å². The first-order valence-electron chi connectivity index (χ1n) is 9.26. The molecule has 0 bridgehead atoms. The Morgan fingerprint density at radius 3 is 2.39 bits per heavy atom. The van der Waals surface area contributed by atoms with Crippen LogP contribution in [-0.2, 0) is 11.2 Å². The molecule has 0 aliphatic heterocycles. The van der Waals surface area contributed by atoms with E-state index < -0.39 is 15.8 Å². The summed E-state index contributed by atoms with van der Waals surface area (Å²) in [5.74, 6) is -0.477. The number of carbonyl (C=O) groups excluding carboxylic acids is 1. The lowest BCUT2D eigenvalue weighted by atomic mass is 10.1. The lowest BCUT2D eigenvalue weighted by Gasteiger charge is -2.09. The van der Waals surface area contributed by atoms with Crippen LogP contribution < -0.4 is 5.43 Å². The predicted octanol–water partition coefficient (Wildman–Crippen LogP) is 3.60. The maximum absolute atomic E-state index is 12.1. The number of hydrazone groups is 1. The first kappa shape index (κ1) is 21.4. The Balaban J connectivity index is 1.72. The van der Waals surface area contributed by atoms with E-state index in [4.69, 9.17) is 0 Å². The first-order valence-corrected chi connectivity index (χ1v) is 9.26. The SMILES string of the molecule is Cc1cc(/C=N\NC(=O)Cc2ccccc2[N+](=O)[O-])c(C)n1-c1ccc([N+](=O)[O-])cc1. The number of rotatable bonds is 7. The van der Waals surface area contributed by atoms with Crippen molar-refractivity contribution in [2.24, 2.45) is 5.10 Å². The number of benzene rings is 2. The standard InChI is InChI=1S/C21H19N5O5/c1-14-11-17(15(2)24(14)18-7-9-19(10-8-18)25(28)29)13-22-23-21(27)12-16-5-3-4-6-20(16)26(30)31/h3-11,13H,12H2,1-2H3,(H,23,27)/b22-13-. The Morgan fingerprint density at radius 1 is 1.06 bits per heavy atom. The van der Waals surface area contributed by atoms with Gasteiger partial charge in [0.25, 0.3) is 11.4 Å². The van der Waals surface area contributed by atoms with Crippen LogP contribution in [0.15, 0.2) is 59.7 Å². The van der Waals surface area contributed by atoms with Gasteiger partial charge >= 0.3 is 0 Å². The molecule has 158 valence electrons. The monoisotopic (exact) mass is 421 g/mol. The zero-order chi connectivity index (χ0) is 22.5. The average Bonchev–Trinajstić information content (AvgIpc) is 3.01. The van der Waals surface area contributed by atoms with Crippen LogP contribution in [0.1, 0.15) is 22.5 Å². The predicted molar refractivity (Wildman–Crippen MR) is 114 cm³/mol. The summed E-state index contributed by atoms with van der Waals surface area (Å²) in [6.45, 7) is 3.75. The van der Waals surface area contributed by atoms with Crippen molar-refractivity contribution >= 4 is 23.5 Å². The Hall–Kier alpha value is -4.34. The summed E-state index contributed by atoms with van der Waals surface area (Å²) >= 11 is 0. The van der Waals surface area contributed by atoms with Gasteiger partial charge in [0, 0.05) is 46.4 Å². The summed E-state index contributed by atoms with van der Waals surface area (Å²) in [5.41, 5.74) is 5.82. The Bertz CT molecular complexity index is 1180. The molecule has 1 aromatic heterocycles. The number of nitro groups is 2. The van der Waals surface area contributed by atoms with Gasteiger partial charge in [0.2, 0.25) is 5.91 Å². The summed E-state index contributed by atoms with van der Waals surface area (Å²) in [4.78, 5) is 33.0. The molecule has 1 amide bonds. The van der Waals surface area contributed by atoms with Crippen LogP contribution in [0.5, 0.6) is 0 Å². The minimum Gasteiger partial charge on any atom is -0.318 e. The molecule has 0 aliphatic rings. The van der Waals surface area contributed by atoms with Crippen molar-refractivity contribution in [3.63, 3.8) is 0 Å². The third kappa shape index (κ3) is 4.81. The molecule has 0 fully saturated rings. The number of non-ortho nitro benzene ring substituents is 1. The van der Waals surface area contributed by atoms with Gasteiger partial charge in [-0.15, -0.1) is 0 Å². The quantitative estimate of drug-likeness (QED) is 0.353. The minimum absolute atomic E-state index is 0.00867. The zero-order valence-corrected chi connectivity index (χ0v) is 16.8. The van der Waals surface area contributed by atoms with Crippen LogP contribution >= 0.6 is 0 Å². The molecule has 0 atom stereocenters.